The highest BCUT2D eigenvalue weighted by Crippen LogP contribution is 2.31. The summed E-state index contributed by atoms with van der Waals surface area (Å²) in [6.45, 7) is 3.86. The minimum Gasteiger partial charge on any atom is -0.353 e. The fourth-order valence-corrected chi connectivity index (χ4v) is 6.85. The summed E-state index contributed by atoms with van der Waals surface area (Å²) in [6, 6.07) is 0.276. The van der Waals surface area contributed by atoms with Crippen molar-refractivity contribution in [1.82, 2.24) is 20.2 Å². The Hall–Kier alpha value is -1.72. The van der Waals surface area contributed by atoms with Crippen LogP contribution in [-0.4, -0.2) is 66.2 Å². The Morgan fingerprint density at radius 3 is 2.63 bits per heavy atom. The summed E-state index contributed by atoms with van der Waals surface area (Å²) < 4.78 is 38.1. The zero-order valence-electron chi connectivity index (χ0n) is 20.4. The molecule has 0 saturated heterocycles. The van der Waals surface area contributed by atoms with E-state index in [0.717, 1.165) is 85.0 Å². The van der Waals surface area contributed by atoms with E-state index in [0.29, 0.717) is 17.5 Å². The topological polar surface area (TPSA) is 61.4 Å². The zero-order valence-corrected chi connectivity index (χ0v) is 22.0. The Bertz CT molecular complexity index is 959. The lowest BCUT2D eigenvalue weighted by Crippen LogP contribution is -2.38. The first-order chi connectivity index (χ1) is 16.6. The minimum atomic E-state index is -4.22. The van der Waals surface area contributed by atoms with E-state index >= 15 is 0 Å². The van der Waals surface area contributed by atoms with Gasteiger partial charge in [0.05, 0.1) is 17.1 Å². The monoisotopic (exact) mass is 529 g/mol. The smallest absolute Gasteiger partial charge is 0.353 e. The molecule has 0 atom stereocenters. The Morgan fingerprint density at radius 1 is 1.20 bits per heavy atom. The molecule has 1 aliphatic carbocycles. The first kappa shape index (κ1) is 26.3. The molecule has 6 nitrogen and oxygen atoms in total. The van der Waals surface area contributed by atoms with Crippen molar-refractivity contribution >= 4 is 33.7 Å². The molecule has 2 aliphatic rings. The Labute approximate surface area is 212 Å². The number of hydrogen-bond donors (Lipinski definition) is 1. The van der Waals surface area contributed by atoms with Crippen LogP contribution < -0.4 is 10.2 Å². The second-order valence-electron chi connectivity index (χ2n) is 9.78. The van der Waals surface area contributed by atoms with Gasteiger partial charge in [-0.2, -0.15) is 13.2 Å². The summed E-state index contributed by atoms with van der Waals surface area (Å²) in [6.07, 6.45) is 5.14. The predicted octanol–water partition coefficient (Wildman–Crippen LogP) is 4.61. The third kappa shape index (κ3) is 7.88. The van der Waals surface area contributed by atoms with E-state index in [-0.39, 0.29) is 11.9 Å². The van der Waals surface area contributed by atoms with Gasteiger partial charge < -0.3 is 15.1 Å². The van der Waals surface area contributed by atoms with Gasteiger partial charge in [-0.15, -0.1) is 22.7 Å². The van der Waals surface area contributed by atoms with E-state index in [9.17, 15) is 18.0 Å². The maximum atomic E-state index is 12.7. The Morgan fingerprint density at radius 2 is 1.94 bits per heavy atom. The second kappa shape index (κ2) is 11.6. The Kier molecular flexibility index (Phi) is 8.70. The predicted molar refractivity (Wildman–Crippen MR) is 134 cm³/mol. The third-order valence-electron chi connectivity index (χ3n) is 6.90. The quantitative estimate of drug-likeness (QED) is 0.541. The molecule has 0 aromatic carbocycles. The number of carbonyl (C=O) groups excluding carboxylic acids is 1. The number of nitrogens with one attached hydrogen (secondary N) is 1. The van der Waals surface area contributed by atoms with Crippen molar-refractivity contribution in [3.05, 3.63) is 26.7 Å². The average molecular weight is 530 g/mol. The lowest BCUT2D eigenvalue weighted by atomic mass is 9.84. The molecule has 194 valence electrons. The van der Waals surface area contributed by atoms with Crippen LogP contribution in [0.4, 0.5) is 18.3 Å². The molecule has 1 N–H and O–H groups in total. The summed E-state index contributed by atoms with van der Waals surface area (Å²) in [4.78, 5) is 26.9. The zero-order chi connectivity index (χ0) is 25.0. The minimum absolute atomic E-state index is 0.0931. The largest absolute Gasteiger partial charge is 0.405 e. The van der Waals surface area contributed by atoms with Gasteiger partial charge in [0, 0.05) is 48.6 Å². The highest BCUT2D eigenvalue weighted by atomic mass is 32.1. The molecule has 0 unspecified atom stereocenters. The van der Waals surface area contributed by atoms with Gasteiger partial charge in [0.1, 0.15) is 6.54 Å². The molecule has 0 spiro atoms. The number of anilines is 1. The summed E-state index contributed by atoms with van der Waals surface area (Å²) in [5.41, 5.74) is 0.964. The summed E-state index contributed by atoms with van der Waals surface area (Å²) in [7, 11) is 1.46. The van der Waals surface area contributed by atoms with E-state index in [2.05, 4.69) is 20.2 Å². The lowest BCUT2D eigenvalue weighted by molar-refractivity contribution is -0.121. The molecule has 4 rings (SSSR count). The van der Waals surface area contributed by atoms with Gasteiger partial charge in [-0.3, -0.25) is 4.79 Å². The van der Waals surface area contributed by atoms with Crippen LogP contribution in [0.2, 0.25) is 0 Å². The molecule has 2 aromatic rings. The number of fused-ring (bicyclic) bond motifs is 1. The fourth-order valence-electron chi connectivity index (χ4n) is 5.00. The third-order valence-corrected chi connectivity index (χ3v) is 9.08. The van der Waals surface area contributed by atoms with Gasteiger partial charge in [-0.25, -0.2) is 9.97 Å². The first-order valence-electron chi connectivity index (χ1n) is 12.3. The number of aromatic nitrogens is 2. The molecule has 0 radical (unpaired) electrons. The van der Waals surface area contributed by atoms with E-state index in [1.807, 2.05) is 6.92 Å². The molecule has 1 aliphatic heterocycles. The summed E-state index contributed by atoms with van der Waals surface area (Å²) in [5.74, 6) is 0.779. The molecule has 1 fully saturated rings. The van der Waals surface area contributed by atoms with Crippen LogP contribution in [-0.2, 0) is 24.1 Å². The van der Waals surface area contributed by atoms with Gasteiger partial charge in [0.15, 0.2) is 5.13 Å². The SMILES string of the molecule is Cc1ncc(CC(=O)N[C@H]2CC[C@H](CCN3CCc4nc(N(C)CC(F)(F)F)sc4CC3)CC2)s1. The van der Waals surface area contributed by atoms with E-state index in [1.54, 1.807) is 17.5 Å². The van der Waals surface area contributed by atoms with Crippen molar-refractivity contribution in [2.45, 2.75) is 70.5 Å². The number of rotatable bonds is 8. The number of halogens is 3. The number of hydrogen-bond acceptors (Lipinski definition) is 7. The molecule has 11 heteroatoms. The molecular weight excluding hydrogens is 495 g/mol. The standard InChI is InChI=1S/C24H34F3N5OS2/c1-16-28-14-19(34-16)13-22(33)29-18-5-3-17(4-6-18)7-10-32-11-8-20-21(9-12-32)35-23(30-20)31(2)15-24(25,26)27/h14,17-18H,3-13,15H2,1-2H3,(H,29,33)/t17-,18-. The molecule has 0 bridgehead atoms. The summed E-state index contributed by atoms with van der Waals surface area (Å²) in [5, 5.41) is 4.65. The van der Waals surface area contributed by atoms with Crippen LogP contribution in [0.1, 0.15) is 52.6 Å². The van der Waals surface area contributed by atoms with Crippen molar-refractivity contribution in [2.24, 2.45) is 5.92 Å². The van der Waals surface area contributed by atoms with E-state index in [1.165, 1.54) is 23.3 Å². The van der Waals surface area contributed by atoms with Crippen molar-refractivity contribution in [1.29, 1.82) is 0 Å². The van der Waals surface area contributed by atoms with Crippen molar-refractivity contribution in [3.8, 4) is 0 Å². The highest BCUT2D eigenvalue weighted by Gasteiger charge is 2.31. The Balaban J connectivity index is 1.15. The molecule has 1 saturated carbocycles. The van der Waals surface area contributed by atoms with Crippen molar-refractivity contribution < 1.29 is 18.0 Å². The fraction of sp³-hybridized carbons (Fsp3) is 0.708. The molecule has 35 heavy (non-hydrogen) atoms. The van der Waals surface area contributed by atoms with Crippen LogP contribution >= 0.6 is 22.7 Å². The van der Waals surface area contributed by atoms with Crippen molar-refractivity contribution in [2.75, 3.05) is 38.1 Å². The number of amides is 1. The van der Waals surface area contributed by atoms with Crippen LogP contribution in [0.25, 0.3) is 0 Å². The number of aryl methyl sites for hydroxylation is 1. The molecular formula is C24H34F3N5OS2. The highest BCUT2D eigenvalue weighted by molar-refractivity contribution is 7.15. The van der Waals surface area contributed by atoms with Gasteiger partial charge in [-0.05, 0) is 57.9 Å². The number of carbonyl (C=O) groups is 1. The average Bonchev–Trinajstić information content (AvgIpc) is 3.33. The van der Waals surface area contributed by atoms with Gasteiger partial charge in [-0.1, -0.05) is 0 Å². The second-order valence-corrected chi connectivity index (χ2v) is 12.2. The number of nitrogens with zero attached hydrogens (tertiary/aromatic N) is 4. The number of alkyl halides is 3. The lowest BCUT2D eigenvalue weighted by Gasteiger charge is -2.30. The molecule has 2 aromatic heterocycles. The van der Waals surface area contributed by atoms with Crippen LogP contribution in [0.15, 0.2) is 6.20 Å². The van der Waals surface area contributed by atoms with E-state index < -0.39 is 12.7 Å². The van der Waals surface area contributed by atoms with Gasteiger partial charge in [0.2, 0.25) is 5.91 Å². The molecule has 1 amide bonds. The van der Waals surface area contributed by atoms with Crippen molar-refractivity contribution in [3.63, 3.8) is 0 Å². The number of thiazole rings is 2. The van der Waals surface area contributed by atoms with Crippen LogP contribution in [0.5, 0.6) is 0 Å². The maximum absolute atomic E-state index is 12.7. The van der Waals surface area contributed by atoms with Crippen LogP contribution in [0.3, 0.4) is 0 Å². The van der Waals surface area contributed by atoms with E-state index in [4.69, 9.17) is 0 Å². The van der Waals surface area contributed by atoms with Crippen LogP contribution in [0, 0.1) is 12.8 Å². The van der Waals surface area contributed by atoms with Gasteiger partial charge in [0.25, 0.3) is 0 Å². The summed E-state index contributed by atoms with van der Waals surface area (Å²) >= 11 is 2.98. The normalized spacial score (nSPS) is 21.4. The first-order valence-corrected chi connectivity index (χ1v) is 14.0. The van der Waals surface area contributed by atoms with Gasteiger partial charge >= 0.3 is 6.18 Å². The molecule has 3 heterocycles. The maximum Gasteiger partial charge on any atom is 0.405 e.